The number of rotatable bonds is 13. The summed E-state index contributed by atoms with van der Waals surface area (Å²) < 4.78 is 0. The molecule has 0 atom stereocenters. The Morgan fingerprint density at radius 3 is 2.00 bits per heavy atom. The summed E-state index contributed by atoms with van der Waals surface area (Å²) in [5, 5.41) is 13.3. The molecule has 0 aliphatic rings. The summed E-state index contributed by atoms with van der Waals surface area (Å²) >= 11 is 0. The van der Waals surface area contributed by atoms with E-state index in [1.807, 2.05) is 0 Å². The van der Waals surface area contributed by atoms with Crippen molar-refractivity contribution < 1.29 is 39.5 Å². The van der Waals surface area contributed by atoms with E-state index in [0.29, 0.717) is 6.54 Å². The van der Waals surface area contributed by atoms with Gasteiger partial charge in [0, 0.05) is 12.5 Å². The molecule has 19 heavy (non-hydrogen) atoms. The Morgan fingerprint density at radius 2 is 1.47 bits per heavy atom. The zero-order valence-electron chi connectivity index (χ0n) is 13.2. The van der Waals surface area contributed by atoms with Crippen LogP contribution in [-0.4, -0.2) is 19.1 Å². The first-order chi connectivity index (χ1) is 8.63. The summed E-state index contributed by atoms with van der Waals surface area (Å²) in [6.07, 6.45) is 10.7. The Hall–Kier alpha value is 0.430. The SMILES string of the molecule is CC(C)CCCCCCCCCNCCC(=O)[O-].[Na+]. The second kappa shape index (κ2) is 16.5. The molecule has 1 N–H and O–H groups in total. The van der Waals surface area contributed by atoms with Crippen LogP contribution in [0.15, 0.2) is 0 Å². The molecule has 0 radical (unpaired) electrons. The van der Waals surface area contributed by atoms with E-state index in [4.69, 9.17) is 0 Å². The standard InChI is InChI=1S/C15H31NO2.Na/c1-14(2)10-8-6-4-3-5-7-9-12-16-13-11-15(17)18;/h14,16H,3-13H2,1-2H3,(H,17,18);/q;+1/p-1. The largest absolute Gasteiger partial charge is 1.00 e. The van der Waals surface area contributed by atoms with Crippen molar-refractivity contribution in [3.63, 3.8) is 0 Å². The Kier molecular flexibility index (Phi) is 18.8. The Balaban J connectivity index is 0. The number of carbonyl (C=O) groups excluding carboxylic acids is 1. The van der Waals surface area contributed by atoms with Crippen LogP contribution in [0.2, 0.25) is 0 Å². The van der Waals surface area contributed by atoms with Crippen LogP contribution in [0.4, 0.5) is 0 Å². The maximum absolute atomic E-state index is 10.2. The summed E-state index contributed by atoms with van der Waals surface area (Å²) in [5.74, 6) is -0.124. The second-order valence-electron chi connectivity index (χ2n) is 5.53. The fraction of sp³-hybridized carbons (Fsp3) is 0.933. The van der Waals surface area contributed by atoms with Crippen molar-refractivity contribution in [1.29, 1.82) is 0 Å². The molecule has 0 aliphatic carbocycles. The van der Waals surface area contributed by atoms with Crippen molar-refractivity contribution >= 4 is 5.97 Å². The van der Waals surface area contributed by atoms with Gasteiger partial charge >= 0.3 is 29.6 Å². The van der Waals surface area contributed by atoms with Gasteiger partial charge in [0.1, 0.15) is 0 Å². The van der Waals surface area contributed by atoms with E-state index in [2.05, 4.69) is 19.2 Å². The van der Waals surface area contributed by atoms with E-state index >= 15 is 0 Å². The predicted molar refractivity (Wildman–Crippen MR) is 74.3 cm³/mol. The Morgan fingerprint density at radius 1 is 0.947 bits per heavy atom. The fourth-order valence-corrected chi connectivity index (χ4v) is 2.00. The first kappa shape index (κ1) is 21.7. The zero-order chi connectivity index (χ0) is 13.6. The van der Waals surface area contributed by atoms with Crippen LogP contribution >= 0.6 is 0 Å². The van der Waals surface area contributed by atoms with Gasteiger partial charge in [-0.2, -0.15) is 0 Å². The third kappa shape index (κ3) is 20.9. The van der Waals surface area contributed by atoms with Gasteiger partial charge in [0.2, 0.25) is 0 Å². The van der Waals surface area contributed by atoms with Crippen LogP contribution in [0.5, 0.6) is 0 Å². The number of carbonyl (C=O) groups is 1. The number of aliphatic carboxylic acids is 1. The number of hydrogen-bond acceptors (Lipinski definition) is 3. The minimum absolute atomic E-state index is 0. The molecular formula is C15H30NNaO2. The van der Waals surface area contributed by atoms with Gasteiger partial charge in [-0.15, -0.1) is 0 Å². The fourth-order valence-electron chi connectivity index (χ4n) is 2.00. The molecule has 0 heterocycles. The van der Waals surface area contributed by atoms with Crippen LogP contribution in [0.25, 0.3) is 0 Å². The maximum Gasteiger partial charge on any atom is 1.00 e. The van der Waals surface area contributed by atoms with Crippen LogP contribution in [0, 0.1) is 5.92 Å². The summed E-state index contributed by atoms with van der Waals surface area (Å²) in [4.78, 5) is 10.2. The van der Waals surface area contributed by atoms with Crippen LogP contribution in [0.3, 0.4) is 0 Å². The number of hydrogen-bond donors (Lipinski definition) is 1. The average molecular weight is 279 g/mol. The van der Waals surface area contributed by atoms with E-state index in [1.54, 1.807) is 0 Å². The monoisotopic (exact) mass is 279 g/mol. The van der Waals surface area contributed by atoms with Crippen molar-refractivity contribution in [2.24, 2.45) is 5.92 Å². The van der Waals surface area contributed by atoms with E-state index in [-0.39, 0.29) is 36.0 Å². The minimum atomic E-state index is -0.969. The molecule has 108 valence electrons. The summed E-state index contributed by atoms with van der Waals surface area (Å²) in [6.45, 7) is 6.04. The van der Waals surface area contributed by atoms with Crippen LogP contribution in [-0.2, 0) is 4.79 Å². The molecule has 3 nitrogen and oxygen atoms in total. The molecule has 0 aromatic carbocycles. The van der Waals surface area contributed by atoms with Gasteiger partial charge in [-0.1, -0.05) is 58.8 Å². The zero-order valence-corrected chi connectivity index (χ0v) is 15.2. The summed E-state index contributed by atoms with van der Waals surface area (Å²) in [6, 6.07) is 0. The number of carboxylic acids is 1. The van der Waals surface area contributed by atoms with Crippen molar-refractivity contribution in [3.8, 4) is 0 Å². The Bertz CT molecular complexity index is 199. The normalized spacial score (nSPS) is 10.5. The van der Waals surface area contributed by atoms with Crippen LogP contribution < -0.4 is 40.0 Å². The number of nitrogens with one attached hydrogen (secondary N) is 1. The second-order valence-corrected chi connectivity index (χ2v) is 5.53. The Labute approximate surface area is 141 Å². The quantitative estimate of drug-likeness (QED) is 0.365. The van der Waals surface area contributed by atoms with Gasteiger partial charge in [-0.25, -0.2) is 0 Å². The van der Waals surface area contributed by atoms with Crippen molar-refractivity contribution in [2.75, 3.05) is 13.1 Å². The van der Waals surface area contributed by atoms with Gasteiger partial charge in [0.25, 0.3) is 0 Å². The van der Waals surface area contributed by atoms with Gasteiger partial charge in [0.15, 0.2) is 0 Å². The van der Waals surface area contributed by atoms with Gasteiger partial charge in [-0.3, -0.25) is 0 Å². The van der Waals surface area contributed by atoms with E-state index < -0.39 is 5.97 Å². The minimum Gasteiger partial charge on any atom is -0.550 e. The molecular weight excluding hydrogens is 249 g/mol. The number of unbranched alkanes of at least 4 members (excludes halogenated alkanes) is 6. The summed E-state index contributed by atoms with van der Waals surface area (Å²) in [5.41, 5.74) is 0. The third-order valence-electron chi connectivity index (χ3n) is 3.14. The van der Waals surface area contributed by atoms with E-state index in [1.165, 1.54) is 44.9 Å². The van der Waals surface area contributed by atoms with Crippen molar-refractivity contribution in [3.05, 3.63) is 0 Å². The molecule has 0 aromatic rings. The molecule has 0 amide bonds. The van der Waals surface area contributed by atoms with Crippen molar-refractivity contribution in [1.82, 2.24) is 5.32 Å². The molecule has 0 aliphatic heterocycles. The molecule has 0 fully saturated rings. The molecule has 0 unspecified atom stereocenters. The molecule has 0 saturated heterocycles. The average Bonchev–Trinajstić information content (AvgIpc) is 2.29. The van der Waals surface area contributed by atoms with E-state index in [9.17, 15) is 9.90 Å². The molecule has 0 spiro atoms. The number of carboxylic acid groups (broad SMARTS) is 1. The third-order valence-corrected chi connectivity index (χ3v) is 3.14. The van der Waals surface area contributed by atoms with Gasteiger partial charge < -0.3 is 15.2 Å². The predicted octanol–water partition coefficient (Wildman–Crippen LogP) is -0.503. The first-order valence-electron chi connectivity index (χ1n) is 7.53. The molecule has 0 saturated carbocycles. The van der Waals surface area contributed by atoms with Crippen LogP contribution in [0.1, 0.15) is 71.6 Å². The topological polar surface area (TPSA) is 52.2 Å². The van der Waals surface area contributed by atoms with Crippen molar-refractivity contribution in [2.45, 2.75) is 71.6 Å². The molecule has 4 heteroatoms. The van der Waals surface area contributed by atoms with Gasteiger partial charge in [-0.05, 0) is 25.3 Å². The van der Waals surface area contributed by atoms with Gasteiger partial charge in [0.05, 0.1) is 0 Å². The molecule has 0 bridgehead atoms. The molecule has 0 aromatic heterocycles. The van der Waals surface area contributed by atoms with E-state index in [0.717, 1.165) is 18.9 Å². The maximum atomic E-state index is 10.2. The summed E-state index contributed by atoms with van der Waals surface area (Å²) in [7, 11) is 0. The first-order valence-corrected chi connectivity index (χ1v) is 7.53. The molecule has 0 rings (SSSR count). The smallest absolute Gasteiger partial charge is 0.550 e.